The van der Waals surface area contributed by atoms with Gasteiger partial charge in [0.2, 0.25) is 0 Å². The molecule has 0 saturated carbocycles. The zero-order valence-electron chi connectivity index (χ0n) is 17.4. The van der Waals surface area contributed by atoms with E-state index in [0.29, 0.717) is 21.7 Å². The van der Waals surface area contributed by atoms with Crippen molar-refractivity contribution < 1.29 is 9.21 Å². The zero-order chi connectivity index (χ0) is 22.8. The maximum Gasteiger partial charge on any atom is 0.349 e. The van der Waals surface area contributed by atoms with Crippen molar-refractivity contribution in [1.82, 2.24) is 9.97 Å². The van der Waals surface area contributed by atoms with Crippen LogP contribution >= 0.6 is 11.6 Å². The Bertz CT molecular complexity index is 1490. The summed E-state index contributed by atoms with van der Waals surface area (Å²) in [5, 5.41) is 1.25. The van der Waals surface area contributed by atoms with Gasteiger partial charge in [-0.05, 0) is 47.5 Å². The van der Waals surface area contributed by atoms with E-state index < -0.39 is 11.5 Å². The molecule has 0 aliphatic heterocycles. The fourth-order valence-corrected chi connectivity index (χ4v) is 3.90. The summed E-state index contributed by atoms with van der Waals surface area (Å²) in [4.78, 5) is 35.0. The molecule has 0 atom stereocenters. The molecule has 0 spiro atoms. The van der Waals surface area contributed by atoms with Gasteiger partial charge in [-0.3, -0.25) is 4.79 Å². The number of amides is 1. The molecule has 33 heavy (non-hydrogen) atoms. The molecular weight excluding hydrogens is 438 g/mol. The second-order valence-electron chi connectivity index (χ2n) is 7.52. The van der Waals surface area contributed by atoms with E-state index in [1.807, 2.05) is 42.5 Å². The van der Waals surface area contributed by atoms with Crippen LogP contribution in [-0.4, -0.2) is 15.9 Å². The van der Waals surface area contributed by atoms with Crippen molar-refractivity contribution in [3.05, 3.63) is 118 Å². The van der Waals surface area contributed by atoms with Crippen LogP contribution in [0.3, 0.4) is 0 Å². The van der Waals surface area contributed by atoms with Crippen LogP contribution in [0.4, 0.5) is 5.69 Å². The third kappa shape index (κ3) is 4.29. The van der Waals surface area contributed by atoms with Crippen LogP contribution in [0.15, 0.2) is 101 Å². The molecule has 0 fully saturated rings. The molecule has 0 unspecified atom stereocenters. The number of anilines is 1. The van der Waals surface area contributed by atoms with Crippen molar-refractivity contribution in [2.24, 2.45) is 0 Å². The average Bonchev–Trinajstić information content (AvgIpc) is 3.37. The van der Waals surface area contributed by atoms with Gasteiger partial charge in [-0.1, -0.05) is 54.1 Å². The number of rotatable bonds is 5. The summed E-state index contributed by atoms with van der Waals surface area (Å²) in [6.07, 6.45) is 3.33. The summed E-state index contributed by atoms with van der Waals surface area (Å²) in [6, 6.07) is 23.4. The second kappa shape index (κ2) is 8.76. The summed E-state index contributed by atoms with van der Waals surface area (Å²) in [6.45, 7) is 0.231. The first-order valence-corrected chi connectivity index (χ1v) is 10.6. The number of hydrogen-bond donors (Lipinski definition) is 1. The van der Waals surface area contributed by atoms with Crippen LogP contribution in [0.5, 0.6) is 0 Å². The fourth-order valence-electron chi connectivity index (χ4n) is 3.69. The molecule has 0 aliphatic carbocycles. The standard InChI is InChI=1S/C26H18ClN3O3/c27-20-6-3-4-17(12-20)15-30(21-10-8-18(9-11-21)23-14-28-16-29-23)25(31)22-13-19-5-1-2-7-24(19)33-26(22)32/h1-14,16H,15H2,(H,28,29). The highest BCUT2D eigenvalue weighted by molar-refractivity contribution is 6.30. The minimum Gasteiger partial charge on any atom is -0.422 e. The maximum atomic E-state index is 13.6. The highest BCUT2D eigenvalue weighted by atomic mass is 35.5. The van der Waals surface area contributed by atoms with Crippen molar-refractivity contribution in [3.8, 4) is 11.3 Å². The third-order valence-corrected chi connectivity index (χ3v) is 5.57. The lowest BCUT2D eigenvalue weighted by Gasteiger charge is -2.23. The van der Waals surface area contributed by atoms with Crippen molar-refractivity contribution in [2.75, 3.05) is 4.90 Å². The van der Waals surface area contributed by atoms with Crippen LogP contribution in [0.2, 0.25) is 5.02 Å². The minimum atomic E-state index is -0.677. The Labute approximate surface area is 194 Å². The number of imidazole rings is 1. The van der Waals surface area contributed by atoms with Crippen LogP contribution in [0.25, 0.3) is 22.2 Å². The number of aromatic amines is 1. The van der Waals surface area contributed by atoms with Gasteiger partial charge in [-0.15, -0.1) is 0 Å². The molecule has 0 bridgehead atoms. The van der Waals surface area contributed by atoms with Gasteiger partial charge >= 0.3 is 5.63 Å². The Morgan fingerprint density at radius 1 is 1.00 bits per heavy atom. The van der Waals surface area contributed by atoms with E-state index in [0.717, 1.165) is 16.8 Å². The number of hydrogen-bond acceptors (Lipinski definition) is 4. The van der Waals surface area contributed by atoms with E-state index in [1.165, 1.54) is 0 Å². The molecule has 5 aromatic rings. The van der Waals surface area contributed by atoms with Gasteiger partial charge in [0, 0.05) is 16.1 Å². The summed E-state index contributed by atoms with van der Waals surface area (Å²) in [7, 11) is 0. The Hall–Kier alpha value is -4.16. The summed E-state index contributed by atoms with van der Waals surface area (Å²) < 4.78 is 5.40. The predicted molar refractivity (Wildman–Crippen MR) is 128 cm³/mol. The third-order valence-electron chi connectivity index (χ3n) is 5.33. The monoisotopic (exact) mass is 455 g/mol. The molecule has 3 aromatic carbocycles. The molecule has 6 nitrogen and oxygen atoms in total. The number of nitrogens with zero attached hydrogens (tertiary/aromatic N) is 2. The van der Waals surface area contributed by atoms with Crippen molar-refractivity contribution in [2.45, 2.75) is 6.54 Å². The number of carbonyl (C=O) groups excluding carboxylic acids is 1. The van der Waals surface area contributed by atoms with Gasteiger partial charge in [-0.2, -0.15) is 0 Å². The number of carbonyl (C=O) groups is 1. The second-order valence-corrected chi connectivity index (χ2v) is 7.96. The molecule has 2 aromatic heterocycles. The van der Waals surface area contributed by atoms with Crippen LogP contribution in [0.1, 0.15) is 15.9 Å². The molecule has 162 valence electrons. The predicted octanol–water partition coefficient (Wildman–Crippen LogP) is 5.68. The number of H-pyrrole nitrogens is 1. The first kappa shape index (κ1) is 20.7. The van der Waals surface area contributed by atoms with E-state index in [4.69, 9.17) is 16.0 Å². The minimum absolute atomic E-state index is 0.0339. The molecule has 7 heteroatoms. The van der Waals surface area contributed by atoms with E-state index >= 15 is 0 Å². The van der Waals surface area contributed by atoms with E-state index in [2.05, 4.69) is 9.97 Å². The fraction of sp³-hybridized carbons (Fsp3) is 0.0385. The van der Waals surface area contributed by atoms with Crippen molar-refractivity contribution in [3.63, 3.8) is 0 Å². The lowest BCUT2D eigenvalue weighted by atomic mass is 10.1. The smallest absolute Gasteiger partial charge is 0.349 e. The van der Waals surface area contributed by atoms with E-state index in [9.17, 15) is 9.59 Å². The topological polar surface area (TPSA) is 79.2 Å². The molecule has 0 radical (unpaired) electrons. The Balaban J connectivity index is 1.57. The van der Waals surface area contributed by atoms with Crippen LogP contribution in [0, 0.1) is 0 Å². The van der Waals surface area contributed by atoms with Gasteiger partial charge < -0.3 is 14.3 Å². The maximum absolute atomic E-state index is 13.6. The number of benzene rings is 3. The normalized spacial score (nSPS) is 10.9. The van der Waals surface area contributed by atoms with Gasteiger partial charge in [0.05, 0.1) is 24.8 Å². The summed E-state index contributed by atoms with van der Waals surface area (Å²) in [5.74, 6) is -0.455. The quantitative estimate of drug-likeness (QED) is 0.345. The van der Waals surface area contributed by atoms with E-state index in [1.54, 1.807) is 53.8 Å². The zero-order valence-corrected chi connectivity index (χ0v) is 18.1. The lowest BCUT2D eigenvalue weighted by Crippen LogP contribution is -2.33. The molecule has 0 aliphatic rings. The molecule has 5 rings (SSSR count). The van der Waals surface area contributed by atoms with Gasteiger partial charge in [0.1, 0.15) is 11.1 Å². The lowest BCUT2D eigenvalue weighted by molar-refractivity contribution is 0.0981. The number of para-hydroxylation sites is 1. The number of nitrogens with one attached hydrogen (secondary N) is 1. The molecule has 1 amide bonds. The highest BCUT2D eigenvalue weighted by Gasteiger charge is 2.23. The number of fused-ring (bicyclic) bond motifs is 1. The number of aromatic nitrogens is 2. The molecule has 1 N–H and O–H groups in total. The number of halogens is 1. The molecular formula is C26H18ClN3O3. The van der Waals surface area contributed by atoms with Gasteiger partial charge in [0.25, 0.3) is 5.91 Å². The first-order valence-electron chi connectivity index (χ1n) is 10.3. The van der Waals surface area contributed by atoms with Crippen molar-refractivity contribution in [1.29, 1.82) is 0 Å². The van der Waals surface area contributed by atoms with Crippen molar-refractivity contribution >= 4 is 34.2 Å². The van der Waals surface area contributed by atoms with E-state index in [-0.39, 0.29) is 12.1 Å². The Morgan fingerprint density at radius 3 is 2.58 bits per heavy atom. The first-order chi connectivity index (χ1) is 16.1. The largest absolute Gasteiger partial charge is 0.422 e. The SMILES string of the molecule is O=C(c1cc2ccccc2oc1=O)N(Cc1cccc(Cl)c1)c1ccc(-c2cnc[nH]2)cc1. The summed E-state index contributed by atoms with van der Waals surface area (Å²) >= 11 is 6.16. The van der Waals surface area contributed by atoms with Crippen LogP contribution in [-0.2, 0) is 6.54 Å². The Kier molecular flexibility index (Phi) is 5.50. The highest BCUT2D eigenvalue weighted by Crippen LogP contribution is 2.25. The van der Waals surface area contributed by atoms with Crippen LogP contribution < -0.4 is 10.5 Å². The molecule has 2 heterocycles. The van der Waals surface area contributed by atoms with Gasteiger partial charge in [0.15, 0.2) is 0 Å². The Morgan fingerprint density at radius 2 is 1.82 bits per heavy atom. The molecule has 0 saturated heterocycles. The average molecular weight is 456 g/mol. The van der Waals surface area contributed by atoms with Gasteiger partial charge in [-0.25, -0.2) is 9.78 Å². The summed E-state index contributed by atoms with van der Waals surface area (Å²) in [5.41, 5.74) is 2.98.